The molecule has 1 saturated carbocycles. The molecule has 5 nitrogen and oxygen atoms in total. The van der Waals surface area contributed by atoms with Crippen LogP contribution in [0.1, 0.15) is 63.4 Å². The highest BCUT2D eigenvalue weighted by molar-refractivity contribution is 5.76. The van der Waals surface area contributed by atoms with Crippen molar-refractivity contribution in [1.29, 1.82) is 0 Å². The SMILES string of the molecule is Cn1cc(CCC(=O)N2CCC3(CCCN(CC4CCCCC4)C3)C2)cn1. The summed E-state index contributed by atoms with van der Waals surface area (Å²) in [5.74, 6) is 1.26. The van der Waals surface area contributed by atoms with Crippen LogP contribution in [-0.2, 0) is 18.3 Å². The molecule has 1 aliphatic carbocycles. The lowest BCUT2D eigenvalue weighted by molar-refractivity contribution is -0.130. The lowest BCUT2D eigenvalue weighted by Crippen LogP contribution is -2.47. The predicted octanol–water partition coefficient (Wildman–Crippen LogP) is 3.25. The van der Waals surface area contributed by atoms with Gasteiger partial charge in [-0.3, -0.25) is 9.48 Å². The minimum atomic E-state index is 0.333. The van der Waals surface area contributed by atoms with Gasteiger partial charge in [-0.2, -0.15) is 5.10 Å². The van der Waals surface area contributed by atoms with Crippen molar-refractivity contribution in [2.24, 2.45) is 18.4 Å². The number of rotatable bonds is 5. The molecular weight excluding hydrogens is 336 g/mol. The van der Waals surface area contributed by atoms with E-state index in [0.29, 0.717) is 17.7 Å². The summed E-state index contributed by atoms with van der Waals surface area (Å²) in [6.07, 6.45) is 16.3. The first kappa shape index (κ1) is 19.0. The van der Waals surface area contributed by atoms with Crippen LogP contribution in [-0.4, -0.2) is 58.2 Å². The average Bonchev–Trinajstić information content (AvgIpc) is 3.27. The van der Waals surface area contributed by atoms with Crippen molar-refractivity contribution in [2.75, 3.05) is 32.7 Å². The van der Waals surface area contributed by atoms with Crippen LogP contribution in [0.15, 0.2) is 12.4 Å². The largest absolute Gasteiger partial charge is 0.342 e. The van der Waals surface area contributed by atoms with Crippen molar-refractivity contribution >= 4 is 5.91 Å². The monoisotopic (exact) mass is 372 g/mol. The molecule has 5 heteroatoms. The average molecular weight is 373 g/mol. The molecule has 1 spiro atoms. The van der Waals surface area contributed by atoms with Crippen LogP contribution in [0.3, 0.4) is 0 Å². The Morgan fingerprint density at radius 1 is 1.15 bits per heavy atom. The number of aryl methyl sites for hydroxylation is 2. The van der Waals surface area contributed by atoms with E-state index in [2.05, 4.69) is 14.9 Å². The van der Waals surface area contributed by atoms with Crippen LogP contribution in [0.25, 0.3) is 0 Å². The lowest BCUT2D eigenvalue weighted by atomic mass is 9.78. The van der Waals surface area contributed by atoms with Gasteiger partial charge in [-0.25, -0.2) is 0 Å². The highest BCUT2D eigenvalue weighted by Gasteiger charge is 2.42. The molecule has 150 valence electrons. The third kappa shape index (κ3) is 4.74. The van der Waals surface area contributed by atoms with E-state index in [1.807, 2.05) is 24.1 Å². The standard InChI is InChI=1S/C22H36N4O/c1-24-15-20(14-23-24)8-9-21(27)26-13-11-22(18-26)10-5-12-25(17-22)16-19-6-3-2-4-7-19/h14-15,19H,2-13,16-18H2,1H3. The van der Waals surface area contributed by atoms with Gasteiger partial charge in [0.25, 0.3) is 0 Å². The Balaban J connectivity index is 1.27. The van der Waals surface area contributed by atoms with E-state index in [-0.39, 0.29) is 0 Å². The Labute approximate surface area is 164 Å². The molecule has 0 bridgehead atoms. The predicted molar refractivity (Wildman–Crippen MR) is 107 cm³/mol. The van der Waals surface area contributed by atoms with Crippen molar-refractivity contribution in [2.45, 2.75) is 64.2 Å². The zero-order valence-corrected chi connectivity index (χ0v) is 17.0. The van der Waals surface area contributed by atoms with Gasteiger partial charge in [0.15, 0.2) is 0 Å². The number of likely N-dealkylation sites (tertiary alicyclic amines) is 2. The van der Waals surface area contributed by atoms with Crippen molar-refractivity contribution in [3.05, 3.63) is 18.0 Å². The summed E-state index contributed by atoms with van der Waals surface area (Å²) in [7, 11) is 1.93. The van der Waals surface area contributed by atoms with Gasteiger partial charge in [0, 0.05) is 51.3 Å². The van der Waals surface area contributed by atoms with E-state index in [0.717, 1.165) is 31.0 Å². The molecule has 1 amide bonds. The van der Waals surface area contributed by atoms with E-state index < -0.39 is 0 Å². The fraction of sp³-hybridized carbons (Fsp3) is 0.818. The normalized spacial score (nSPS) is 27.5. The van der Waals surface area contributed by atoms with E-state index in [1.165, 1.54) is 71.0 Å². The number of carbonyl (C=O) groups excluding carboxylic acids is 1. The van der Waals surface area contributed by atoms with E-state index in [4.69, 9.17) is 0 Å². The highest BCUT2D eigenvalue weighted by Crippen LogP contribution is 2.40. The fourth-order valence-electron chi connectivity index (χ4n) is 5.69. The number of nitrogens with zero attached hydrogens (tertiary/aromatic N) is 4. The topological polar surface area (TPSA) is 41.4 Å². The van der Waals surface area contributed by atoms with E-state index in [1.54, 1.807) is 0 Å². The van der Waals surface area contributed by atoms with Crippen LogP contribution in [0.4, 0.5) is 0 Å². The van der Waals surface area contributed by atoms with Crippen molar-refractivity contribution in [1.82, 2.24) is 19.6 Å². The fourth-order valence-corrected chi connectivity index (χ4v) is 5.69. The molecule has 1 aromatic rings. The van der Waals surface area contributed by atoms with Crippen LogP contribution in [0, 0.1) is 11.3 Å². The highest BCUT2D eigenvalue weighted by atomic mass is 16.2. The number of piperidine rings is 1. The summed E-state index contributed by atoms with van der Waals surface area (Å²) in [4.78, 5) is 17.6. The number of amides is 1. The third-order valence-electron chi connectivity index (χ3n) is 7.16. The Morgan fingerprint density at radius 3 is 2.78 bits per heavy atom. The Hall–Kier alpha value is -1.36. The number of carbonyl (C=O) groups is 1. The Bertz CT molecular complexity index is 636. The molecule has 1 unspecified atom stereocenters. The molecule has 1 aromatic heterocycles. The van der Waals surface area contributed by atoms with E-state index >= 15 is 0 Å². The minimum absolute atomic E-state index is 0.333. The summed E-state index contributed by atoms with van der Waals surface area (Å²) < 4.78 is 1.81. The molecule has 0 radical (unpaired) electrons. The van der Waals surface area contributed by atoms with Gasteiger partial charge >= 0.3 is 0 Å². The van der Waals surface area contributed by atoms with Gasteiger partial charge in [0.1, 0.15) is 0 Å². The Morgan fingerprint density at radius 2 is 2.00 bits per heavy atom. The second-order valence-corrected chi connectivity index (χ2v) is 9.43. The second-order valence-electron chi connectivity index (χ2n) is 9.43. The number of hydrogen-bond acceptors (Lipinski definition) is 3. The van der Waals surface area contributed by atoms with Gasteiger partial charge in [-0.05, 0) is 56.6 Å². The van der Waals surface area contributed by atoms with Gasteiger partial charge in [-0.1, -0.05) is 19.3 Å². The first-order valence-electron chi connectivity index (χ1n) is 11.1. The first-order valence-corrected chi connectivity index (χ1v) is 11.1. The van der Waals surface area contributed by atoms with E-state index in [9.17, 15) is 4.79 Å². The minimum Gasteiger partial charge on any atom is -0.342 e. The zero-order valence-electron chi connectivity index (χ0n) is 17.0. The maximum absolute atomic E-state index is 12.7. The molecule has 27 heavy (non-hydrogen) atoms. The van der Waals surface area contributed by atoms with Crippen LogP contribution >= 0.6 is 0 Å². The quantitative estimate of drug-likeness (QED) is 0.797. The summed E-state index contributed by atoms with van der Waals surface area (Å²) in [6, 6.07) is 0. The maximum atomic E-state index is 12.7. The zero-order chi connectivity index (χ0) is 18.7. The maximum Gasteiger partial charge on any atom is 0.222 e. The Kier molecular flexibility index (Phi) is 5.86. The van der Waals surface area contributed by atoms with Crippen molar-refractivity contribution in [3.8, 4) is 0 Å². The van der Waals surface area contributed by atoms with Gasteiger partial charge in [0.05, 0.1) is 6.20 Å². The molecule has 1 atom stereocenters. The molecule has 3 fully saturated rings. The molecule has 2 aliphatic heterocycles. The molecular formula is C22H36N4O. The molecule has 2 saturated heterocycles. The second kappa shape index (κ2) is 8.34. The molecule has 0 N–H and O–H groups in total. The molecule has 0 aromatic carbocycles. The summed E-state index contributed by atoms with van der Waals surface area (Å²) in [6.45, 7) is 5.74. The van der Waals surface area contributed by atoms with Crippen molar-refractivity contribution in [3.63, 3.8) is 0 Å². The van der Waals surface area contributed by atoms with Crippen LogP contribution in [0.2, 0.25) is 0 Å². The summed E-state index contributed by atoms with van der Waals surface area (Å²) >= 11 is 0. The lowest BCUT2D eigenvalue weighted by Gasteiger charge is -2.42. The summed E-state index contributed by atoms with van der Waals surface area (Å²) in [5, 5.41) is 4.20. The van der Waals surface area contributed by atoms with Gasteiger partial charge in [-0.15, -0.1) is 0 Å². The summed E-state index contributed by atoms with van der Waals surface area (Å²) in [5.41, 5.74) is 1.53. The van der Waals surface area contributed by atoms with Crippen molar-refractivity contribution < 1.29 is 4.79 Å². The number of aromatic nitrogens is 2. The number of hydrogen-bond donors (Lipinski definition) is 0. The molecule has 3 heterocycles. The smallest absolute Gasteiger partial charge is 0.222 e. The van der Waals surface area contributed by atoms with Crippen LogP contribution < -0.4 is 0 Å². The third-order valence-corrected chi connectivity index (χ3v) is 7.16. The molecule has 4 rings (SSSR count). The van der Waals surface area contributed by atoms with Gasteiger partial charge < -0.3 is 9.80 Å². The van der Waals surface area contributed by atoms with Gasteiger partial charge in [0.2, 0.25) is 5.91 Å². The molecule has 3 aliphatic rings. The van der Waals surface area contributed by atoms with Crippen LogP contribution in [0.5, 0.6) is 0 Å². The first-order chi connectivity index (χ1) is 13.1.